The van der Waals surface area contributed by atoms with Gasteiger partial charge in [0.25, 0.3) is 0 Å². The molecule has 5 fully saturated rings. The summed E-state index contributed by atoms with van der Waals surface area (Å²) in [4.78, 5) is 15.9. The molecule has 1 N–H and O–H groups in total. The molecule has 0 aromatic carbocycles. The van der Waals surface area contributed by atoms with Gasteiger partial charge in [-0.1, -0.05) is 20.8 Å². The SMILES string of the molecule is CN=CC1CCN(c2ccnc(NC3CC4(C)C3C3CC4C3(C)C)n2)C1. The molecule has 1 aromatic heterocycles. The zero-order valence-corrected chi connectivity index (χ0v) is 16.4. The van der Waals surface area contributed by atoms with E-state index in [-0.39, 0.29) is 0 Å². The smallest absolute Gasteiger partial charge is 0.224 e. The summed E-state index contributed by atoms with van der Waals surface area (Å²) in [7, 11) is 1.86. The number of aromatic nitrogens is 2. The molecule has 140 valence electrons. The van der Waals surface area contributed by atoms with E-state index in [9.17, 15) is 0 Å². The number of nitrogens with one attached hydrogen (secondary N) is 1. The summed E-state index contributed by atoms with van der Waals surface area (Å²) < 4.78 is 0. The van der Waals surface area contributed by atoms with Crippen LogP contribution in [0.2, 0.25) is 0 Å². The van der Waals surface area contributed by atoms with Crippen LogP contribution in [-0.2, 0) is 0 Å². The molecule has 1 aromatic rings. The molecule has 26 heavy (non-hydrogen) atoms. The summed E-state index contributed by atoms with van der Waals surface area (Å²) in [6.07, 6.45) is 7.84. The molecule has 4 aliphatic carbocycles. The van der Waals surface area contributed by atoms with Crippen LogP contribution in [-0.4, -0.2) is 42.4 Å². The van der Waals surface area contributed by atoms with Gasteiger partial charge in [0, 0.05) is 44.5 Å². The van der Waals surface area contributed by atoms with E-state index in [1.165, 1.54) is 12.8 Å². The first-order valence-corrected chi connectivity index (χ1v) is 10.2. The Hall–Kier alpha value is -1.65. The number of anilines is 2. The van der Waals surface area contributed by atoms with Crippen LogP contribution in [0.1, 0.15) is 40.0 Å². The molecular weight excluding hydrogens is 322 g/mol. The first kappa shape index (κ1) is 16.5. The molecule has 5 aliphatic rings. The summed E-state index contributed by atoms with van der Waals surface area (Å²) in [6, 6.07) is 2.59. The lowest BCUT2D eigenvalue weighted by atomic mass is 9.57. The highest BCUT2D eigenvalue weighted by molar-refractivity contribution is 5.63. The predicted molar refractivity (Wildman–Crippen MR) is 106 cm³/mol. The van der Waals surface area contributed by atoms with Crippen molar-refractivity contribution in [1.29, 1.82) is 0 Å². The quantitative estimate of drug-likeness (QED) is 0.842. The second kappa shape index (κ2) is 5.43. The van der Waals surface area contributed by atoms with Gasteiger partial charge in [0.2, 0.25) is 5.95 Å². The lowest BCUT2D eigenvalue weighted by Gasteiger charge is -2.50. The van der Waals surface area contributed by atoms with Gasteiger partial charge in [0.1, 0.15) is 5.82 Å². The minimum Gasteiger partial charge on any atom is -0.356 e. The zero-order valence-electron chi connectivity index (χ0n) is 16.4. The van der Waals surface area contributed by atoms with E-state index >= 15 is 0 Å². The Labute approximate surface area is 156 Å². The highest BCUT2D eigenvalue weighted by atomic mass is 15.2. The highest BCUT2D eigenvalue weighted by Gasteiger charge is 2.75. The third-order valence-electron chi connectivity index (χ3n) is 8.29. The van der Waals surface area contributed by atoms with Crippen LogP contribution in [0.3, 0.4) is 0 Å². The van der Waals surface area contributed by atoms with Crippen molar-refractivity contribution in [2.75, 3.05) is 30.4 Å². The van der Waals surface area contributed by atoms with Gasteiger partial charge in [-0.2, -0.15) is 4.98 Å². The Bertz CT molecular complexity index is 744. The van der Waals surface area contributed by atoms with E-state index in [1.54, 1.807) is 0 Å². The molecule has 6 rings (SSSR count). The largest absolute Gasteiger partial charge is 0.356 e. The lowest BCUT2D eigenvalue weighted by molar-refractivity contribution is 0.0123. The Morgan fingerprint density at radius 3 is 2.92 bits per heavy atom. The molecule has 5 heteroatoms. The second-order valence-electron chi connectivity index (χ2n) is 9.84. The average Bonchev–Trinajstić information content (AvgIpc) is 3.19. The van der Waals surface area contributed by atoms with Crippen molar-refractivity contribution in [3.8, 4) is 0 Å². The van der Waals surface area contributed by atoms with Crippen LogP contribution >= 0.6 is 0 Å². The standard InChI is InChI=1S/C21H31N5/c1-20(2)14-9-16(20)21(3)10-15(18(14)21)24-19-23-7-5-17(25-19)26-8-6-13(12-26)11-22-4/h5,7,11,13-16,18H,6,8-10,12H2,1-4H3,(H,23,24,25). The fourth-order valence-corrected chi connectivity index (χ4v) is 7.07. The Morgan fingerprint density at radius 2 is 2.19 bits per heavy atom. The first-order valence-electron chi connectivity index (χ1n) is 10.2. The lowest BCUT2D eigenvalue weighted by Crippen LogP contribution is -2.51. The van der Waals surface area contributed by atoms with Gasteiger partial charge in [-0.15, -0.1) is 0 Å². The average molecular weight is 354 g/mol. The van der Waals surface area contributed by atoms with E-state index in [2.05, 4.69) is 47.2 Å². The van der Waals surface area contributed by atoms with Crippen LogP contribution in [0.5, 0.6) is 0 Å². The number of nitrogens with zero attached hydrogens (tertiary/aromatic N) is 4. The van der Waals surface area contributed by atoms with E-state index in [0.717, 1.165) is 49.0 Å². The van der Waals surface area contributed by atoms with Gasteiger partial charge in [-0.25, -0.2) is 4.98 Å². The summed E-state index contributed by atoms with van der Waals surface area (Å²) in [5.41, 5.74) is 1.08. The predicted octanol–water partition coefficient (Wildman–Crippen LogP) is 3.49. The topological polar surface area (TPSA) is 53.4 Å². The fourth-order valence-electron chi connectivity index (χ4n) is 7.07. The summed E-state index contributed by atoms with van der Waals surface area (Å²) in [5, 5.41) is 3.69. The molecule has 0 radical (unpaired) electrons. The van der Waals surface area contributed by atoms with Crippen LogP contribution in [0.15, 0.2) is 17.3 Å². The van der Waals surface area contributed by atoms with Crippen molar-refractivity contribution in [2.24, 2.45) is 39.5 Å². The van der Waals surface area contributed by atoms with Crippen molar-refractivity contribution in [3.63, 3.8) is 0 Å². The molecule has 1 saturated heterocycles. The first-order chi connectivity index (χ1) is 12.4. The summed E-state index contributed by atoms with van der Waals surface area (Å²) in [5.74, 6) is 4.99. The normalized spacial score (nSPS) is 42.5. The maximum atomic E-state index is 4.84. The molecular formula is C21H31N5. The maximum Gasteiger partial charge on any atom is 0.224 e. The molecule has 5 nitrogen and oxygen atoms in total. The van der Waals surface area contributed by atoms with Crippen molar-refractivity contribution in [1.82, 2.24) is 9.97 Å². The summed E-state index contributed by atoms with van der Waals surface area (Å²) >= 11 is 0. The van der Waals surface area contributed by atoms with E-state index in [0.29, 0.717) is 22.8 Å². The molecule has 2 heterocycles. The van der Waals surface area contributed by atoms with Gasteiger partial charge in [-0.3, -0.25) is 0 Å². The molecule has 6 unspecified atom stereocenters. The highest BCUT2D eigenvalue weighted by Crippen LogP contribution is 2.79. The van der Waals surface area contributed by atoms with Gasteiger partial charge in [0.05, 0.1) is 0 Å². The summed E-state index contributed by atoms with van der Waals surface area (Å²) in [6.45, 7) is 9.54. The second-order valence-corrected chi connectivity index (χ2v) is 9.84. The molecule has 1 aliphatic heterocycles. The monoisotopic (exact) mass is 353 g/mol. The number of hydrogen-bond donors (Lipinski definition) is 1. The minimum atomic E-state index is 0.532. The fraction of sp³-hybridized carbons (Fsp3) is 0.762. The van der Waals surface area contributed by atoms with Crippen LogP contribution in [0.25, 0.3) is 0 Å². The number of rotatable bonds is 4. The minimum absolute atomic E-state index is 0.532. The van der Waals surface area contributed by atoms with Gasteiger partial charge in [-0.05, 0) is 53.9 Å². The van der Waals surface area contributed by atoms with Crippen LogP contribution in [0, 0.1) is 34.5 Å². The Balaban J connectivity index is 1.28. The van der Waals surface area contributed by atoms with Gasteiger partial charge >= 0.3 is 0 Å². The third-order valence-corrected chi connectivity index (χ3v) is 8.29. The van der Waals surface area contributed by atoms with Crippen molar-refractivity contribution < 1.29 is 0 Å². The number of hydrogen-bond acceptors (Lipinski definition) is 5. The van der Waals surface area contributed by atoms with Crippen molar-refractivity contribution >= 4 is 18.0 Å². The maximum absolute atomic E-state index is 4.84. The van der Waals surface area contributed by atoms with E-state index in [4.69, 9.17) is 4.98 Å². The molecule has 6 atom stereocenters. The van der Waals surface area contributed by atoms with Crippen molar-refractivity contribution in [2.45, 2.75) is 46.1 Å². The Kier molecular flexibility index (Phi) is 3.45. The molecule has 2 bridgehead atoms. The third kappa shape index (κ3) is 2.12. The van der Waals surface area contributed by atoms with Crippen molar-refractivity contribution in [3.05, 3.63) is 12.3 Å². The van der Waals surface area contributed by atoms with E-state index in [1.807, 2.05) is 19.3 Å². The van der Waals surface area contributed by atoms with Gasteiger partial charge < -0.3 is 15.2 Å². The number of aliphatic imine (C=N–C) groups is 1. The molecule has 4 saturated carbocycles. The van der Waals surface area contributed by atoms with Crippen LogP contribution < -0.4 is 10.2 Å². The van der Waals surface area contributed by atoms with Crippen LogP contribution in [0.4, 0.5) is 11.8 Å². The molecule has 0 spiro atoms. The van der Waals surface area contributed by atoms with E-state index < -0.39 is 0 Å². The van der Waals surface area contributed by atoms with Gasteiger partial charge in [0.15, 0.2) is 0 Å². The Morgan fingerprint density at radius 1 is 1.35 bits per heavy atom. The zero-order chi connectivity index (χ0) is 18.1. The molecule has 0 amide bonds.